The number of pyridine rings is 1. The molecule has 2 aromatic rings. The van der Waals surface area contributed by atoms with Crippen molar-refractivity contribution in [1.29, 1.82) is 0 Å². The molecule has 2 N–H and O–H groups in total. The molecular weight excluding hydrogens is 402 g/mol. The van der Waals surface area contributed by atoms with E-state index in [9.17, 15) is 0 Å². The largest absolute Gasteiger partial charge is 0.494 e. The molecule has 0 bridgehead atoms. The van der Waals surface area contributed by atoms with Gasteiger partial charge in [0, 0.05) is 50.5 Å². The van der Waals surface area contributed by atoms with E-state index >= 15 is 0 Å². The van der Waals surface area contributed by atoms with Crippen molar-refractivity contribution in [2.75, 3.05) is 26.7 Å². The minimum absolute atomic E-state index is 0.439. The number of guanidine groups is 1. The summed E-state index contributed by atoms with van der Waals surface area (Å²) in [6, 6.07) is 12.6. The van der Waals surface area contributed by atoms with Gasteiger partial charge in [-0.1, -0.05) is 13.0 Å². The van der Waals surface area contributed by atoms with Crippen LogP contribution in [0.4, 0.5) is 0 Å². The SMILES string of the molecule is CCCOc1ccc(Oc2ncccc2CNC(=NC)NC2CCN(C(C)C)CC2)cc1. The van der Waals surface area contributed by atoms with E-state index in [1.54, 1.807) is 13.2 Å². The fourth-order valence-corrected chi connectivity index (χ4v) is 3.71. The zero-order valence-electron chi connectivity index (χ0n) is 19.8. The molecule has 3 rings (SSSR count). The highest BCUT2D eigenvalue weighted by atomic mass is 16.5. The number of aromatic nitrogens is 1. The number of nitrogens with zero attached hydrogens (tertiary/aromatic N) is 3. The second-order valence-electron chi connectivity index (χ2n) is 8.36. The summed E-state index contributed by atoms with van der Waals surface area (Å²) in [5, 5.41) is 6.98. The van der Waals surface area contributed by atoms with E-state index < -0.39 is 0 Å². The molecule has 1 fully saturated rings. The minimum Gasteiger partial charge on any atom is -0.494 e. The van der Waals surface area contributed by atoms with Gasteiger partial charge in [-0.25, -0.2) is 4.98 Å². The lowest BCUT2D eigenvalue weighted by molar-refractivity contribution is 0.167. The van der Waals surface area contributed by atoms with Gasteiger partial charge in [0.05, 0.1) is 6.61 Å². The smallest absolute Gasteiger partial charge is 0.224 e. The number of benzene rings is 1. The lowest BCUT2D eigenvalue weighted by Gasteiger charge is -2.35. The van der Waals surface area contributed by atoms with Gasteiger partial charge in [-0.15, -0.1) is 0 Å². The number of piperidine rings is 1. The fourth-order valence-electron chi connectivity index (χ4n) is 3.71. The second kappa shape index (κ2) is 12.3. The molecule has 1 aliphatic heterocycles. The van der Waals surface area contributed by atoms with Crippen molar-refractivity contribution in [1.82, 2.24) is 20.5 Å². The Morgan fingerprint density at radius 3 is 2.53 bits per heavy atom. The van der Waals surface area contributed by atoms with Crippen LogP contribution in [0.3, 0.4) is 0 Å². The van der Waals surface area contributed by atoms with Crippen molar-refractivity contribution in [3.63, 3.8) is 0 Å². The number of aliphatic imine (C=N–C) groups is 1. The number of rotatable bonds is 9. The number of hydrogen-bond acceptors (Lipinski definition) is 5. The summed E-state index contributed by atoms with van der Waals surface area (Å²) in [4.78, 5) is 11.4. The van der Waals surface area contributed by atoms with Gasteiger partial charge in [-0.05, 0) is 63.4 Å². The van der Waals surface area contributed by atoms with Crippen LogP contribution in [0.1, 0.15) is 45.6 Å². The van der Waals surface area contributed by atoms with E-state index in [-0.39, 0.29) is 0 Å². The van der Waals surface area contributed by atoms with E-state index in [2.05, 4.69) is 46.3 Å². The molecule has 0 atom stereocenters. The van der Waals surface area contributed by atoms with Crippen molar-refractivity contribution in [3.05, 3.63) is 48.2 Å². The average molecular weight is 440 g/mol. The van der Waals surface area contributed by atoms with Gasteiger partial charge >= 0.3 is 0 Å². The van der Waals surface area contributed by atoms with Gasteiger partial charge in [-0.2, -0.15) is 0 Å². The number of likely N-dealkylation sites (tertiary alicyclic amines) is 1. The molecule has 1 aliphatic rings. The van der Waals surface area contributed by atoms with Gasteiger partial charge in [0.2, 0.25) is 5.88 Å². The topological polar surface area (TPSA) is 71.0 Å². The molecule has 174 valence electrons. The lowest BCUT2D eigenvalue weighted by atomic mass is 10.0. The summed E-state index contributed by atoms with van der Waals surface area (Å²) < 4.78 is 11.7. The molecule has 32 heavy (non-hydrogen) atoms. The van der Waals surface area contributed by atoms with E-state index in [1.165, 1.54) is 0 Å². The van der Waals surface area contributed by atoms with Crippen LogP contribution < -0.4 is 20.1 Å². The van der Waals surface area contributed by atoms with Gasteiger partial charge in [0.25, 0.3) is 0 Å². The lowest BCUT2D eigenvalue weighted by Crippen LogP contribution is -2.49. The zero-order chi connectivity index (χ0) is 22.8. The Morgan fingerprint density at radius 1 is 1.16 bits per heavy atom. The summed E-state index contributed by atoms with van der Waals surface area (Å²) in [7, 11) is 1.81. The Bertz CT molecular complexity index is 846. The van der Waals surface area contributed by atoms with Crippen LogP contribution >= 0.6 is 0 Å². The molecule has 0 unspecified atom stereocenters. The normalized spacial score (nSPS) is 15.6. The highest BCUT2D eigenvalue weighted by Gasteiger charge is 2.21. The first-order valence-electron chi connectivity index (χ1n) is 11.6. The maximum absolute atomic E-state index is 6.05. The van der Waals surface area contributed by atoms with Gasteiger partial charge < -0.3 is 25.0 Å². The summed E-state index contributed by atoms with van der Waals surface area (Å²) >= 11 is 0. The Kier molecular flexibility index (Phi) is 9.16. The third-order valence-electron chi connectivity index (χ3n) is 5.63. The Balaban J connectivity index is 1.54. The molecule has 1 saturated heterocycles. The molecule has 2 heterocycles. The predicted molar refractivity (Wildman–Crippen MR) is 130 cm³/mol. The van der Waals surface area contributed by atoms with Gasteiger partial charge in [-0.3, -0.25) is 4.99 Å². The zero-order valence-corrected chi connectivity index (χ0v) is 19.8. The monoisotopic (exact) mass is 439 g/mol. The maximum atomic E-state index is 6.05. The van der Waals surface area contributed by atoms with Crippen LogP contribution in [0, 0.1) is 0 Å². The van der Waals surface area contributed by atoms with Crippen molar-refractivity contribution in [3.8, 4) is 17.4 Å². The molecule has 0 aliphatic carbocycles. The number of hydrogen-bond donors (Lipinski definition) is 2. The van der Waals surface area contributed by atoms with E-state index in [1.807, 2.05) is 36.4 Å². The molecule has 0 radical (unpaired) electrons. The molecule has 0 amide bonds. The average Bonchev–Trinajstić information content (AvgIpc) is 2.82. The quantitative estimate of drug-likeness (QED) is 0.451. The first-order chi connectivity index (χ1) is 15.6. The van der Waals surface area contributed by atoms with Crippen molar-refractivity contribution in [2.24, 2.45) is 4.99 Å². The van der Waals surface area contributed by atoms with Crippen LogP contribution in [0.15, 0.2) is 47.6 Å². The van der Waals surface area contributed by atoms with Crippen LogP contribution in [0.2, 0.25) is 0 Å². The highest BCUT2D eigenvalue weighted by Crippen LogP contribution is 2.25. The molecule has 7 nitrogen and oxygen atoms in total. The first-order valence-corrected chi connectivity index (χ1v) is 11.6. The maximum Gasteiger partial charge on any atom is 0.224 e. The highest BCUT2D eigenvalue weighted by molar-refractivity contribution is 5.80. The Hall–Kier alpha value is -2.80. The third kappa shape index (κ3) is 7.12. The van der Waals surface area contributed by atoms with E-state index in [0.29, 0.717) is 31.1 Å². The number of ether oxygens (including phenoxy) is 2. The first kappa shape index (κ1) is 23.9. The Morgan fingerprint density at radius 2 is 1.88 bits per heavy atom. The van der Waals surface area contributed by atoms with E-state index in [4.69, 9.17) is 9.47 Å². The van der Waals surface area contributed by atoms with E-state index in [0.717, 1.165) is 55.4 Å². The second-order valence-corrected chi connectivity index (χ2v) is 8.36. The van der Waals surface area contributed by atoms with Crippen molar-refractivity contribution >= 4 is 5.96 Å². The van der Waals surface area contributed by atoms with Crippen LogP contribution in [-0.4, -0.2) is 54.7 Å². The third-order valence-corrected chi connectivity index (χ3v) is 5.63. The molecular formula is C25H37N5O2. The summed E-state index contributed by atoms with van der Waals surface area (Å²) in [5.41, 5.74) is 0.969. The summed E-state index contributed by atoms with van der Waals surface area (Å²) in [6.45, 7) is 10.1. The summed E-state index contributed by atoms with van der Waals surface area (Å²) in [6.07, 6.45) is 4.97. The summed E-state index contributed by atoms with van der Waals surface area (Å²) in [5.74, 6) is 2.97. The molecule has 0 spiro atoms. The molecule has 0 saturated carbocycles. The van der Waals surface area contributed by atoms with Crippen LogP contribution in [0.25, 0.3) is 0 Å². The van der Waals surface area contributed by atoms with Gasteiger partial charge in [0.15, 0.2) is 5.96 Å². The van der Waals surface area contributed by atoms with Crippen molar-refractivity contribution < 1.29 is 9.47 Å². The molecule has 1 aromatic heterocycles. The molecule has 1 aromatic carbocycles. The van der Waals surface area contributed by atoms with Crippen LogP contribution in [-0.2, 0) is 6.54 Å². The van der Waals surface area contributed by atoms with Gasteiger partial charge in [0.1, 0.15) is 11.5 Å². The molecule has 7 heteroatoms. The van der Waals surface area contributed by atoms with Crippen LogP contribution in [0.5, 0.6) is 17.4 Å². The minimum atomic E-state index is 0.439. The fraction of sp³-hybridized carbons (Fsp3) is 0.520. The van der Waals surface area contributed by atoms with Crippen molar-refractivity contribution in [2.45, 2.75) is 58.7 Å². The Labute approximate surface area is 192 Å². The number of nitrogens with one attached hydrogen (secondary N) is 2. The predicted octanol–water partition coefficient (Wildman–Crippen LogP) is 4.20. The standard InChI is InChI=1S/C25H37N5O2/c1-5-17-31-22-8-10-23(11-9-22)32-24-20(7-6-14-27-24)18-28-25(26-4)29-21-12-15-30(16-13-21)19(2)3/h6-11,14,19,21H,5,12-13,15-18H2,1-4H3,(H2,26,28,29).